The Labute approximate surface area is 281 Å². The van der Waals surface area contributed by atoms with Gasteiger partial charge in [-0.2, -0.15) is 9.61 Å². The van der Waals surface area contributed by atoms with Gasteiger partial charge in [-0.1, -0.05) is 58.2 Å². The third-order valence-electron chi connectivity index (χ3n) is 9.72. The van der Waals surface area contributed by atoms with Crippen LogP contribution in [0.1, 0.15) is 43.7 Å². The Balaban J connectivity index is 1.36. The van der Waals surface area contributed by atoms with Gasteiger partial charge in [0.25, 0.3) is 5.56 Å². The van der Waals surface area contributed by atoms with Gasteiger partial charge in [0.05, 0.1) is 6.20 Å². The fourth-order valence-corrected chi connectivity index (χ4v) is 8.45. The van der Waals surface area contributed by atoms with Crippen molar-refractivity contribution in [2.75, 3.05) is 31.6 Å². The fraction of sp³-hybridized carbons (Fsp3) is 0.556. The lowest BCUT2D eigenvalue weighted by Gasteiger charge is -2.30. The predicted octanol–water partition coefficient (Wildman–Crippen LogP) is 7.67. The van der Waals surface area contributed by atoms with E-state index in [0.717, 1.165) is 65.4 Å². The molecule has 0 aliphatic heterocycles. The number of nitrogens with zero attached hydrogens (tertiary/aromatic N) is 6. The van der Waals surface area contributed by atoms with E-state index in [0.29, 0.717) is 25.2 Å². The minimum atomic E-state index is -1.23. The van der Waals surface area contributed by atoms with E-state index in [4.69, 9.17) is 19.6 Å². The molecule has 4 aromatic heterocycles. The smallest absolute Gasteiger partial charge is 0.256 e. The van der Waals surface area contributed by atoms with Gasteiger partial charge in [0.15, 0.2) is 5.65 Å². The lowest BCUT2D eigenvalue weighted by Crippen LogP contribution is -2.33. The topological polar surface area (TPSA) is 86.8 Å². The highest BCUT2D eigenvalue weighted by atomic mass is 28.3. The van der Waals surface area contributed by atoms with E-state index >= 15 is 0 Å². The van der Waals surface area contributed by atoms with E-state index < -0.39 is 16.1 Å². The van der Waals surface area contributed by atoms with Gasteiger partial charge in [-0.3, -0.25) is 9.36 Å². The van der Waals surface area contributed by atoms with Crippen molar-refractivity contribution in [1.82, 2.24) is 24.1 Å². The molecular formula is C36H52N6O3Si2. The number of rotatable bonds is 14. The molecule has 2 aliphatic carbocycles. The second kappa shape index (κ2) is 14.2. The van der Waals surface area contributed by atoms with Crippen molar-refractivity contribution in [3.8, 4) is 16.9 Å². The highest BCUT2D eigenvalue weighted by Gasteiger charge is 2.36. The van der Waals surface area contributed by atoms with Crippen LogP contribution in [0.15, 0.2) is 59.8 Å². The molecule has 11 heteroatoms. The summed E-state index contributed by atoms with van der Waals surface area (Å²) in [6, 6.07) is 13.5. The van der Waals surface area contributed by atoms with Gasteiger partial charge < -0.3 is 14.4 Å². The van der Waals surface area contributed by atoms with Gasteiger partial charge in [0, 0.05) is 76.6 Å². The zero-order valence-electron chi connectivity index (χ0n) is 29.1. The van der Waals surface area contributed by atoms with Gasteiger partial charge in [0.1, 0.15) is 25.1 Å². The molecule has 0 radical (unpaired) electrons. The summed E-state index contributed by atoms with van der Waals surface area (Å²) in [6.07, 6.45) is 11.9. The predicted molar refractivity (Wildman–Crippen MR) is 195 cm³/mol. The maximum atomic E-state index is 12.4. The van der Waals surface area contributed by atoms with E-state index in [1.54, 1.807) is 22.9 Å². The zero-order chi connectivity index (χ0) is 33.2. The average molecular weight is 673 g/mol. The molecule has 2 saturated carbocycles. The largest absolute Gasteiger partial charge is 0.361 e. The summed E-state index contributed by atoms with van der Waals surface area (Å²) in [7, 11) is -2.46. The number of pyridine rings is 2. The number of hydrogen-bond donors (Lipinski definition) is 0. The van der Waals surface area contributed by atoms with Crippen molar-refractivity contribution in [3.05, 3.63) is 71.0 Å². The summed E-state index contributed by atoms with van der Waals surface area (Å²) in [5.41, 5.74) is 3.68. The van der Waals surface area contributed by atoms with E-state index in [1.165, 1.54) is 32.1 Å². The number of anilines is 1. The van der Waals surface area contributed by atoms with Gasteiger partial charge in [-0.05, 0) is 61.4 Å². The molecule has 4 aromatic rings. The number of aromatic nitrogens is 5. The molecule has 9 nitrogen and oxygen atoms in total. The molecule has 2 aliphatic rings. The maximum Gasteiger partial charge on any atom is 0.256 e. The van der Waals surface area contributed by atoms with Gasteiger partial charge in [0.2, 0.25) is 0 Å². The number of hydrogen-bond acceptors (Lipinski definition) is 7. The Kier molecular flexibility index (Phi) is 10.2. The summed E-state index contributed by atoms with van der Waals surface area (Å²) >= 11 is 0. The molecule has 0 spiro atoms. The van der Waals surface area contributed by atoms with E-state index in [-0.39, 0.29) is 5.56 Å². The Hall–Kier alpha value is -3.13. The highest BCUT2D eigenvalue weighted by Crippen LogP contribution is 2.48. The number of ether oxygens (including phenoxy) is 2. The van der Waals surface area contributed by atoms with Crippen molar-refractivity contribution in [3.63, 3.8) is 0 Å². The average Bonchev–Trinajstić information content (AvgIpc) is 3.61. The van der Waals surface area contributed by atoms with Crippen LogP contribution >= 0.6 is 0 Å². The van der Waals surface area contributed by atoms with Crippen LogP contribution in [0, 0.1) is 11.8 Å². The van der Waals surface area contributed by atoms with Crippen LogP contribution in [-0.2, 0) is 9.47 Å². The summed E-state index contributed by atoms with van der Waals surface area (Å²) in [5, 5.41) is 4.91. The van der Waals surface area contributed by atoms with Crippen molar-refractivity contribution < 1.29 is 9.47 Å². The molecule has 3 atom stereocenters. The molecule has 0 saturated heterocycles. The molecule has 1 unspecified atom stereocenters. The van der Waals surface area contributed by atoms with Gasteiger partial charge in [-0.25, -0.2) is 9.97 Å². The van der Waals surface area contributed by atoms with Crippen molar-refractivity contribution in [2.45, 2.75) is 89.4 Å². The van der Waals surface area contributed by atoms with Crippen LogP contribution < -0.4 is 10.5 Å². The normalized spacial score (nSPS) is 19.8. The minimum absolute atomic E-state index is 0.111. The first kappa shape index (κ1) is 33.8. The second-order valence-electron chi connectivity index (χ2n) is 16.1. The summed E-state index contributed by atoms with van der Waals surface area (Å²) in [4.78, 5) is 24.6. The van der Waals surface area contributed by atoms with Crippen molar-refractivity contribution in [2.24, 2.45) is 11.8 Å². The zero-order valence-corrected chi connectivity index (χ0v) is 31.1. The Morgan fingerprint density at radius 3 is 2.15 bits per heavy atom. The fourth-order valence-electron chi connectivity index (χ4n) is 6.93. The standard InChI is InChI=1S/C36H52N6O3Si2/c1-46(2,3)17-15-44-25-40(26-45-16-18-47(4,5)6)34-22-32(30-20-27-10-11-28(19-27)21-30)39-36-31(24-38-42(34)36)29-12-13-33(37-23-29)41-14-8-7-9-35(41)43/h7-9,12-14,22-24,27-28,30H,10-11,15-21,25-26H2,1-6H3/t27-,28+,30?. The van der Waals surface area contributed by atoms with Gasteiger partial charge in [-0.15, -0.1) is 0 Å². The third kappa shape index (κ3) is 8.49. The van der Waals surface area contributed by atoms with Crippen LogP contribution in [0.4, 0.5) is 5.82 Å². The molecule has 4 heterocycles. The van der Waals surface area contributed by atoms with Crippen molar-refractivity contribution >= 4 is 27.6 Å². The SMILES string of the molecule is C[Si](C)(C)CCOCN(COCC[Si](C)(C)C)c1cc(C2C[C@H]3CC[C@@H](C2)C3)nc2c(-c3ccc(-n4ccccc4=O)nc3)cnn12. The summed E-state index contributed by atoms with van der Waals surface area (Å²) in [5.74, 6) is 3.57. The first-order valence-electron chi connectivity index (χ1n) is 17.4. The second-order valence-corrected chi connectivity index (χ2v) is 27.3. The first-order chi connectivity index (χ1) is 22.4. The van der Waals surface area contributed by atoms with Crippen LogP contribution in [0.25, 0.3) is 22.6 Å². The minimum Gasteiger partial charge on any atom is -0.361 e. The lowest BCUT2D eigenvalue weighted by molar-refractivity contribution is 0.0942. The monoisotopic (exact) mass is 672 g/mol. The molecule has 252 valence electrons. The highest BCUT2D eigenvalue weighted by molar-refractivity contribution is 6.76. The van der Waals surface area contributed by atoms with Crippen molar-refractivity contribution in [1.29, 1.82) is 0 Å². The lowest BCUT2D eigenvalue weighted by atomic mass is 9.79. The molecule has 6 rings (SSSR count). The van der Waals surface area contributed by atoms with E-state index in [2.05, 4.69) is 55.2 Å². The molecule has 2 fully saturated rings. The molecular weight excluding hydrogens is 621 g/mol. The third-order valence-corrected chi connectivity index (χ3v) is 13.1. The maximum absolute atomic E-state index is 12.4. The molecule has 0 aromatic carbocycles. The Morgan fingerprint density at radius 1 is 0.872 bits per heavy atom. The molecule has 0 N–H and O–H groups in total. The van der Waals surface area contributed by atoms with E-state index in [1.807, 2.05) is 35.1 Å². The van der Waals surface area contributed by atoms with E-state index in [9.17, 15) is 4.79 Å². The van der Waals surface area contributed by atoms with Crippen LogP contribution in [0.5, 0.6) is 0 Å². The van der Waals surface area contributed by atoms with Crippen LogP contribution in [0.3, 0.4) is 0 Å². The quantitative estimate of drug-likeness (QED) is 0.0772. The number of fused-ring (bicyclic) bond motifs is 3. The molecule has 2 bridgehead atoms. The first-order valence-corrected chi connectivity index (χ1v) is 24.8. The summed E-state index contributed by atoms with van der Waals surface area (Å²) in [6.45, 7) is 16.6. The van der Waals surface area contributed by atoms with Crippen LogP contribution in [-0.4, -0.2) is 67.0 Å². The Morgan fingerprint density at radius 2 is 1.55 bits per heavy atom. The summed E-state index contributed by atoms with van der Waals surface area (Å²) < 4.78 is 16.2. The van der Waals surface area contributed by atoms with Crippen LogP contribution in [0.2, 0.25) is 51.4 Å². The molecule has 0 amide bonds. The van der Waals surface area contributed by atoms with Gasteiger partial charge >= 0.3 is 0 Å². The molecule has 47 heavy (non-hydrogen) atoms. The Bertz CT molecular complexity index is 1670.